The third-order valence-corrected chi connectivity index (χ3v) is 4.16. The molecule has 0 aliphatic rings. The zero-order valence-electron chi connectivity index (χ0n) is 14.1. The van der Waals surface area contributed by atoms with E-state index in [1.54, 1.807) is 6.07 Å². The van der Waals surface area contributed by atoms with E-state index < -0.39 is 11.7 Å². The zero-order valence-corrected chi connectivity index (χ0v) is 14.1. The van der Waals surface area contributed by atoms with Gasteiger partial charge in [0.05, 0.1) is 16.6 Å². The van der Waals surface area contributed by atoms with E-state index in [0.29, 0.717) is 5.52 Å². The fraction of sp³-hybridized carbons (Fsp3) is 0.588. The molecule has 2 aromatic rings. The van der Waals surface area contributed by atoms with E-state index in [2.05, 4.69) is 28.3 Å². The van der Waals surface area contributed by atoms with Crippen molar-refractivity contribution >= 4 is 11.0 Å². The van der Waals surface area contributed by atoms with Crippen LogP contribution in [-0.4, -0.2) is 34.1 Å². The van der Waals surface area contributed by atoms with Gasteiger partial charge in [0.25, 0.3) is 0 Å². The Balaban J connectivity index is 2.43. The van der Waals surface area contributed by atoms with Crippen LogP contribution in [0.15, 0.2) is 18.2 Å². The molecule has 23 heavy (non-hydrogen) atoms. The van der Waals surface area contributed by atoms with Gasteiger partial charge >= 0.3 is 6.18 Å². The largest absolute Gasteiger partial charge is 0.416 e. The van der Waals surface area contributed by atoms with Gasteiger partial charge in [-0.2, -0.15) is 13.2 Å². The van der Waals surface area contributed by atoms with Crippen molar-refractivity contribution in [3.63, 3.8) is 0 Å². The zero-order chi connectivity index (χ0) is 17.2. The Labute approximate surface area is 135 Å². The summed E-state index contributed by atoms with van der Waals surface area (Å²) >= 11 is 0. The van der Waals surface area contributed by atoms with Crippen LogP contribution in [0.3, 0.4) is 0 Å². The summed E-state index contributed by atoms with van der Waals surface area (Å²) in [5, 5.41) is 0. The van der Waals surface area contributed by atoms with Gasteiger partial charge in [0, 0.05) is 19.0 Å². The van der Waals surface area contributed by atoms with Crippen LogP contribution >= 0.6 is 0 Å². The molecule has 0 amide bonds. The van der Waals surface area contributed by atoms with Crippen molar-refractivity contribution in [3.05, 3.63) is 29.6 Å². The first-order valence-corrected chi connectivity index (χ1v) is 8.07. The molecular weight excluding hydrogens is 303 g/mol. The first-order chi connectivity index (χ1) is 10.8. The van der Waals surface area contributed by atoms with E-state index in [1.165, 1.54) is 0 Å². The predicted octanol–water partition coefficient (Wildman–Crippen LogP) is 4.52. The molecule has 0 radical (unpaired) electrons. The third-order valence-electron chi connectivity index (χ3n) is 4.16. The van der Waals surface area contributed by atoms with Crippen LogP contribution in [0, 0.1) is 0 Å². The molecule has 0 saturated carbocycles. The summed E-state index contributed by atoms with van der Waals surface area (Å²) in [6.45, 7) is 11.7. The Bertz CT molecular complexity index is 655. The van der Waals surface area contributed by atoms with Crippen LogP contribution in [0.25, 0.3) is 11.0 Å². The summed E-state index contributed by atoms with van der Waals surface area (Å²) in [6, 6.07) is 3.83. The smallest absolute Gasteiger partial charge is 0.326 e. The molecule has 0 saturated heterocycles. The fourth-order valence-corrected chi connectivity index (χ4v) is 2.78. The van der Waals surface area contributed by atoms with Crippen molar-refractivity contribution in [1.82, 2.24) is 14.5 Å². The Morgan fingerprint density at radius 3 is 2.35 bits per heavy atom. The van der Waals surface area contributed by atoms with Crippen molar-refractivity contribution in [2.45, 2.75) is 46.3 Å². The van der Waals surface area contributed by atoms with Gasteiger partial charge in [0.15, 0.2) is 0 Å². The van der Waals surface area contributed by atoms with Crippen molar-refractivity contribution in [1.29, 1.82) is 0 Å². The number of imidazole rings is 1. The average Bonchev–Trinajstić information content (AvgIpc) is 2.85. The van der Waals surface area contributed by atoms with Gasteiger partial charge in [-0.3, -0.25) is 0 Å². The van der Waals surface area contributed by atoms with Crippen LogP contribution in [-0.2, 0) is 12.7 Å². The Hall–Kier alpha value is -1.56. The number of likely N-dealkylation sites (N-methyl/N-ethyl adjacent to an activating group) is 1. The van der Waals surface area contributed by atoms with E-state index in [0.717, 1.165) is 49.7 Å². The molecule has 1 heterocycles. The summed E-state index contributed by atoms with van der Waals surface area (Å²) < 4.78 is 40.7. The third kappa shape index (κ3) is 3.86. The van der Waals surface area contributed by atoms with E-state index in [9.17, 15) is 13.2 Å². The maximum atomic E-state index is 12.9. The molecule has 0 atom stereocenters. The predicted molar refractivity (Wildman–Crippen MR) is 86.6 cm³/mol. The molecule has 0 fully saturated rings. The summed E-state index contributed by atoms with van der Waals surface area (Å²) in [7, 11) is 0. The van der Waals surface area contributed by atoms with E-state index in [4.69, 9.17) is 0 Å². The number of hydrogen-bond donors (Lipinski definition) is 0. The quantitative estimate of drug-likeness (QED) is 0.778. The summed E-state index contributed by atoms with van der Waals surface area (Å²) in [4.78, 5) is 6.75. The molecule has 128 valence electrons. The van der Waals surface area contributed by atoms with Gasteiger partial charge in [0.1, 0.15) is 5.82 Å². The van der Waals surface area contributed by atoms with E-state index in [1.807, 2.05) is 13.8 Å². The maximum Gasteiger partial charge on any atom is 0.416 e. The minimum atomic E-state index is -4.34. The SMILES string of the molecule is CCN(CC)CCn1c(C(C)C)nc2cc(C(F)(F)F)ccc21. The van der Waals surface area contributed by atoms with Crippen LogP contribution in [0.4, 0.5) is 13.2 Å². The summed E-state index contributed by atoms with van der Waals surface area (Å²) in [5.74, 6) is 1.000. The van der Waals surface area contributed by atoms with Gasteiger partial charge in [0.2, 0.25) is 0 Å². The number of alkyl halides is 3. The molecule has 0 bridgehead atoms. The minimum Gasteiger partial charge on any atom is -0.326 e. The molecule has 0 N–H and O–H groups in total. The normalized spacial score (nSPS) is 12.7. The van der Waals surface area contributed by atoms with Crippen molar-refractivity contribution < 1.29 is 13.2 Å². The van der Waals surface area contributed by atoms with Gasteiger partial charge < -0.3 is 9.47 Å². The fourth-order valence-electron chi connectivity index (χ4n) is 2.78. The molecule has 2 rings (SSSR count). The Morgan fingerprint density at radius 2 is 1.83 bits per heavy atom. The standard InChI is InChI=1S/C17H24F3N3/c1-5-22(6-2)9-10-23-15-8-7-13(17(18,19)20)11-14(15)21-16(23)12(3)4/h7-8,11-12H,5-6,9-10H2,1-4H3. The Kier molecular flexibility index (Phi) is 5.34. The summed E-state index contributed by atoms with van der Waals surface area (Å²) in [6.07, 6.45) is -4.34. The van der Waals surface area contributed by atoms with Crippen molar-refractivity contribution in [3.8, 4) is 0 Å². The highest BCUT2D eigenvalue weighted by molar-refractivity contribution is 5.77. The maximum absolute atomic E-state index is 12.9. The number of rotatable bonds is 6. The summed E-state index contributed by atoms with van der Waals surface area (Å²) in [5.41, 5.74) is 0.547. The highest BCUT2D eigenvalue weighted by Crippen LogP contribution is 2.32. The highest BCUT2D eigenvalue weighted by Gasteiger charge is 2.31. The second-order valence-electron chi connectivity index (χ2n) is 6.00. The molecule has 0 aliphatic carbocycles. The van der Waals surface area contributed by atoms with E-state index >= 15 is 0 Å². The van der Waals surface area contributed by atoms with Crippen molar-refractivity contribution in [2.24, 2.45) is 0 Å². The minimum absolute atomic E-state index is 0.161. The van der Waals surface area contributed by atoms with Crippen molar-refractivity contribution in [2.75, 3.05) is 19.6 Å². The number of halogens is 3. The molecule has 3 nitrogen and oxygen atoms in total. The lowest BCUT2D eigenvalue weighted by atomic mass is 10.2. The van der Waals surface area contributed by atoms with Crippen LogP contribution in [0.1, 0.15) is 45.0 Å². The molecule has 6 heteroatoms. The topological polar surface area (TPSA) is 21.1 Å². The number of fused-ring (bicyclic) bond motifs is 1. The second-order valence-corrected chi connectivity index (χ2v) is 6.00. The lowest BCUT2D eigenvalue weighted by Crippen LogP contribution is -2.27. The molecule has 0 aliphatic heterocycles. The molecule has 1 aromatic heterocycles. The van der Waals surface area contributed by atoms with Crippen LogP contribution in [0.5, 0.6) is 0 Å². The van der Waals surface area contributed by atoms with Crippen LogP contribution in [0.2, 0.25) is 0 Å². The number of nitrogens with zero attached hydrogens (tertiary/aromatic N) is 3. The first kappa shape index (κ1) is 17.8. The van der Waals surface area contributed by atoms with Gasteiger partial charge in [-0.25, -0.2) is 4.98 Å². The Morgan fingerprint density at radius 1 is 1.17 bits per heavy atom. The van der Waals surface area contributed by atoms with Crippen LogP contribution < -0.4 is 0 Å². The lowest BCUT2D eigenvalue weighted by molar-refractivity contribution is -0.137. The number of hydrogen-bond acceptors (Lipinski definition) is 2. The monoisotopic (exact) mass is 327 g/mol. The number of aromatic nitrogens is 2. The van der Waals surface area contributed by atoms with Gasteiger partial charge in [-0.1, -0.05) is 27.7 Å². The average molecular weight is 327 g/mol. The molecule has 1 aromatic carbocycles. The molecule has 0 unspecified atom stereocenters. The highest BCUT2D eigenvalue weighted by atomic mass is 19.4. The lowest BCUT2D eigenvalue weighted by Gasteiger charge is -2.20. The first-order valence-electron chi connectivity index (χ1n) is 8.07. The van der Waals surface area contributed by atoms with Gasteiger partial charge in [-0.15, -0.1) is 0 Å². The number of benzene rings is 1. The molecule has 0 spiro atoms. The van der Waals surface area contributed by atoms with E-state index in [-0.39, 0.29) is 5.92 Å². The molecular formula is C17H24F3N3. The van der Waals surface area contributed by atoms with Gasteiger partial charge in [-0.05, 0) is 31.3 Å². The second kappa shape index (κ2) is 6.91.